The van der Waals surface area contributed by atoms with E-state index in [2.05, 4.69) is 0 Å². The molecule has 0 atom stereocenters. The number of benzene rings is 2. The third kappa shape index (κ3) is 2.81. The summed E-state index contributed by atoms with van der Waals surface area (Å²) in [4.78, 5) is 14.6. The van der Waals surface area contributed by atoms with Gasteiger partial charge in [0, 0.05) is 26.3 Å². The minimum Gasteiger partial charge on any atom is -0.308 e. The van der Waals surface area contributed by atoms with Crippen molar-refractivity contribution >= 4 is 33.2 Å². The number of anilines is 1. The van der Waals surface area contributed by atoms with Gasteiger partial charge in [0.05, 0.1) is 15.5 Å². The molecule has 0 saturated carbocycles. The maximum atomic E-state index is 12.9. The lowest BCUT2D eigenvalue weighted by molar-refractivity contribution is 0.0989. The Morgan fingerprint density at radius 1 is 1.17 bits per heavy atom. The fourth-order valence-electron chi connectivity index (χ4n) is 2.73. The number of hydrogen-bond acceptors (Lipinski definition) is 3. The Labute approximate surface area is 146 Å². The topological polar surface area (TPSA) is 57.7 Å². The Balaban J connectivity index is 2.03. The van der Waals surface area contributed by atoms with Crippen molar-refractivity contribution in [2.45, 2.75) is 11.3 Å². The first-order chi connectivity index (χ1) is 11.3. The summed E-state index contributed by atoms with van der Waals surface area (Å²) in [5.41, 5.74) is 2.13. The number of sulfonamides is 1. The highest BCUT2D eigenvalue weighted by Gasteiger charge is 2.28. The minimum absolute atomic E-state index is 0.0488. The van der Waals surface area contributed by atoms with Crippen LogP contribution in [0.25, 0.3) is 0 Å². The van der Waals surface area contributed by atoms with E-state index >= 15 is 0 Å². The molecule has 5 nitrogen and oxygen atoms in total. The van der Waals surface area contributed by atoms with Gasteiger partial charge in [-0.05, 0) is 36.2 Å². The predicted molar refractivity (Wildman–Crippen MR) is 94.1 cm³/mol. The highest BCUT2D eigenvalue weighted by molar-refractivity contribution is 7.89. The number of fused-ring (bicyclic) bond motifs is 1. The van der Waals surface area contributed by atoms with E-state index in [-0.39, 0.29) is 21.4 Å². The van der Waals surface area contributed by atoms with E-state index in [1.54, 1.807) is 4.90 Å². The molecular weight excluding hydrogens is 348 g/mol. The molecule has 1 heterocycles. The van der Waals surface area contributed by atoms with Crippen LogP contribution in [0, 0.1) is 0 Å². The maximum absolute atomic E-state index is 12.9. The van der Waals surface area contributed by atoms with Gasteiger partial charge < -0.3 is 4.90 Å². The fraction of sp³-hybridized carbons (Fsp3) is 0.235. The van der Waals surface area contributed by atoms with Gasteiger partial charge >= 0.3 is 0 Å². The first kappa shape index (κ1) is 17.0. The Hall–Kier alpha value is -1.89. The molecule has 0 N–H and O–H groups in total. The molecule has 0 radical (unpaired) electrons. The predicted octanol–water partition coefficient (Wildman–Crippen LogP) is 2.79. The molecule has 0 bridgehead atoms. The first-order valence-electron chi connectivity index (χ1n) is 7.44. The monoisotopic (exact) mass is 364 g/mol. The number of rotatable bonds is 3. The standard InChI is InChI=1S/C17H17ClN2O3S/c1-19(2)24(22,23)13-7-8-15(18)14(11-13)17(21)20-10-9-12-5-3-4-6-16(12)20/h3-8,11H,9-10H2,1-2H3. The summed E-state index contributed by atoms with van der Waals surface area (Å²) in [6.45, 7) is 0.555. The molecule has 1 aliphatic heterocycles. The number of hydrogen-bond donors (Lipinski definition) is 0. The number of amides is 1. The molecule has 126 valence electrons. The lowest BCUT2D eigenvalue weighted by atomic mass is 10.1. The van der Waals surface area contributed by atoms with Crippen molar-refractivity contribution < 1.29 is 13.2 Å². The van der Waals surface area contributed by atoms with Crippen LogP contribution in [0.2, 0.25) is 5.02 Å². The van der Waals surface area contributed by atoms with Crippen LogP contribution in [0.1, 0.15) is 15.9 Å². The zero-order valence-electron chi connectivity index (χ0n) is 13.4. The molecule has 0 saturated heterocycles. The molecule has 2 aromatic carbocycles. The lowest BCUT2D eigenvalue weighted by Gasteiger charge is -2.19. The average molecular weight is 365 g/mol. The lowest BCUT2D eigenvalue weighted by Crippen LogP contribution is -2.29. The third-order valence-corrected chi connectivity index (χ3v) is 6.22. The number of carbonyl (C=O) groups is 1. The largest absolute Gasteiger partial charge is 0.308 e. The van der Waals surface area contributed by atoms with E-state index in [1.165, 1.54) is 32.3 Å². The quantitative estimate of drug-likeness (QED) is 0.841. The SMILES string of the molecule is CN(C)S(=O)(=O)c1ccc(Cl)c(C(=O)N2CCc3ccccc32)c1. The van der Waals surface area contributed by atoms with Crippen molar-refractivity contribution in [3.63, 3.8) is 0 Å². The second kappa shape index (κ2) is 6.20. The molecule has 0 unspecified atom stereocenters. The van der Waals surface area contributed by atoms with Gasteiger partial charge in [0.1, 0.15) is 0 Å². The van der Waals surface area contributed by atoms with E-state index in [9.17, 15) is 13.2 Å². The molecule has 0 fully saturated rings. The van der Waals surface area contributed by atoms with Crippen LogP contribution in [0.15, 0.2) is 47.4 Å². The first-order valence-corrected chi connectivity index (χ1v) is 9.26. The second-order valence-electron chi connectivity index (χ2n) is 5.76. The van der Waals surface area contributed by atoms with Crippen molar-refractivity contribution in [1.82, 2.24) is 4.31 Å². The number of para-hydroxylation sites is 1. The Morgan fingerprint density at radius 3 is 2.58 bits per heavy atom. The maximum Gasteiger partial charge on any atom is 0.259 e. The molecule has 2 aromatic rings. The second-order valence-corrected chi connectivity index (χ2v) is 8.32. The smallest absolute Gasteiger partial charge is 0.259 e. The molecule has 24 heavy (non-hydrogen) atoms. The van der Waals surface area contributed by atoms with Gasteiger partial charge in [-0.3, -0.25) is 4.79 Å². The molecule has 1 amide bonds. The van der Waals surface area contributed by atoms with Gasteiger partial charge in [-0.25, -0.2) is 12.7 Å². The Bertz CT molecular complexity index is 910. The summed E-state index contributed by atoms with van der Waals surface area (Å²) in [6, 6.07) is 11.9. The summed E-state index contributed by atoms with van der Waals surface area (Å²) in [6.07, 6.45) is 0.773. The van der Waals surface area contributed by atoms with E-state index < -0.39 is 10.0 Å². The molecule has 0 aliphatic carbocycles. The van der Waals surface area contributed by atoms with Crippen molar-refractivity contribution in [2.24, 2.45) is 0 Å². The highest BCUT2D eigenvalue weighted by Crippen LogP contribution is 2.31. The molecule has 0 spiro atoms. The van der Waals surface area contributed by atoms with E-state index in [0.717, 1.165) is 22.0 Å². The van der Waals surface area contributed by atoms with Crippen molar-refractivity contribution in [3.05, 3.63) is 58.6 Å². The van der Waals surface area contributed by atoms with Gasteiger partial charge in [-0.2, -0.15) is 0 Å². The average Bonchev–Trinajstić information content (AvgIpc) is 2.98. The zero-order chi connectivity index (χ0) is 17.5. The summed E-state index contributed by atoms with van der Waals surface area (Å²) in [5.74, 6) is -0.291. The van der Waals surface area contributed by atoms with Crippen LogP contribution < -0.4 is 4.90 Å². The van der Waals surface area contributed by atoms with Crippen molar-refractivity contribution in [1.29, 1.82) is 0 Å². The summed E-state index contributed by atoms with van der Waals surface area (Å²) >= 11 is 6.17. The molecule has 7 heteroatoms. The van der Waals surface area contributed by atoms with Gasteiger partial charge in [0.25, 0.3) is 5.91 Å². The van der Waals surface area contributed by atoms with Crippen LogP contribution in [-0.2, 0) is 16.4 Å². The van der Waals surface area contributed by atoms with E-state index in [4.69, 9.17) is 11.6 Å². The highest BCUT2D eigenvalue weighted by atomic mass is 35.5. The van der Waals surface area contributed by atoms with Crippen LogP contribution in [-0.4, -0.2) is 39.3 Å². The number of carbonyl (C=O) groups excluding carboxylic acids is 1. The number of halogens is 1. The molecule has 1 aliphatic rings. The van der Waals surface area contributed by atoms with Crippen LogP contribution >= 0.6 is 11.6 Å². The summed E-state index contributed by atoms with van der Waals surface area (Å²) < 4.78 is 25.7. The normalized spacial score (nSPS) is 14.1. The molecule has 0 aromatic heterocycles. The van der Waals surface area contributed by atoms with Crippen LogP contribution in [0.3, 0.4) is 0 Å². The molecular formula is C17H17ClN2O3S. The van der Waals surface area contributed by atoms with Crippen molar-refractivity contribution in [3.8, 4) is 0 Å². The Kier molecular flexibility index (Phi) is 4.38. The van der Waals surface area contributed by atoms with Crippen LogP contribution in [0.5, 0.6) is 0 Å². The zero-order valence-corrected chi connectivity index (χ0v) is 14.9. The third-order valence-electron chi connectivity index (χ3n) is 4.08. The van der Waals surface area contributed by atoms with Gasteiger partial charge in [0.2, 0.25) is 10.0 Å². The van der Waals surface area contributed by atoms with E-state index in [0.29, 0.717) is 6.54 Å². The Morgan fingerprint density at radius 2 is 1.88 bits per heavy atom. The van der Waals surface area contributed by atoms with Crippen LogP contribution in [0.4, 0.5) is 5.69 Å². The fourth-order valence-corrected chi connectivity index (χ4v) is 3.86. The van der Waals surface area contributed by atoms with Gasteiger partial charge in [-0.1, -0.05) is 29.8 Å². The van der Waals surface area contributed by atoms with Gasteiger partial charge in [0.15, 0.2) is 0 Å². The minimum atomic E-state index is -3.63. The van der Waals surface area contributed by atoms with Crippen molar-refractivity contribution in [2.75, 3.05) is 25.5 Å². The number of nitrogens with zero attached hydrogens (tertiary/aromatic N) is 2. The van der Waals surface area contributed by atoms with Gasteiger partial charge in [-0.15, -0.1) is 0 Å². The summed E-state index contributed by atoms with van der Waals surface area (Å²) in [7, 11) is -0.737. The van der Waals surface area contributed by atoms with E-state index in [1.807, 2.05) is 24.3 Å². The summed E-state index contributed by atoms with van der Waals surface area (Å²) in [5, 5.41) is 0.238. The molecule has 3 rings (SSSR count).